The molecule has 0 saturated carbocycles. The summed E-state index contributed by atoms with van der Waals surface area (Å²) in [6, 6.07) is 9.95. The van der Waals surface area contributed by atoms with Crippen LogP contribution < -0.4 is 5.32 Å². The fourth-order valence-electron chi connectivity index (χ4n) is 1.87. The Hall–Kier alpha value is -2.93. The first-order chi connectivity index (χ1) is 10.9. The number of carbonyl (C=O) groups is 2. The van der Waals surface area contributed by atoms with E-state index in [2.05, 4.69) is 10.1 Å². The van der Waals surface area contributed by atoms with Gasteiger partial charge in [-0.3, -0.25) is 14.9 Å². The van der Waals surface area contributed by atoms with Crippen molar-refractivity contribution >= 4 is 34.9 Å². The zero-order chi connectivity index (χ0) is 17.0. The highest BCUT2D eigenvalue weighted by Gasteiger charge is 2.18. The summed E-state index contributed by atoms with van der Waals surface area (Å²) in [7, 11) is 1.23. The van der Waals surface area contributed by atoms with E-state index >= 15 is 0 Å². The third kappa shape index (κ3) is 3.64. The second-order valence-corrected chi connectivity index (χ2v) is 4.82. The summed E-state index contributed by atoms with van der Waals surface area (Å²) in [6.45, 7) is 0. The number of nitro groups is 1. The molecule has 118 valence electrons. The predicted molar refractivity (Wildman–Crippen MR) is 83.8 cm³/mol. The number of benzene rings is 2. The second-order valence-electron chi connectivity index (χ2n) is 4.41. The molecule has 0 fully saturated rings. The number of anilines is 1. The Balaban J connectivity index is 2.32. The Labute approximate surface area is 136 Å². The molecule has 8 heteroatoms. The van der Waals surface area contributed by atoms with Crippen molar-refractivity contribution in [3.05, 3.63) is 68.7 Å². The summed E-state index contributed by atoms with van der Waals surface area (Å²) >= 11 is 5.71. The fourth-order valence-corrected chi connectivity index (χ4v) is 2.05. The van der Waals surface area contributed by atoms with Crippen LogP contribution in [0.4, 0.5) is 11.4 Å². The molecule has 0 heterocycles. The van der Waals surface area contributed by atoms with E-state index in [1.54, 1.807) is 12.1 Å². The molecule has 7 nitrogen and oxygen atoms in total. The molecular formula is C15H11ClN2O5. The molecule has 2 rings (SSSR count). The Bertz CT molecular complexity index is 791. The summed E-state index contributed by atoms with van der Waals surface area (Å²) in [5.41, 5.74) is 0.0788. The highest BCUT2D eigenvalue weighted by atomic mass is 35.5. The highest BCUT2D eigenvalue weighted by molar-refractivity contribution is 6.32. The minimum Gasteiger partial charge on any atom is -0.465 e. The van der Waals surface area contributed by atoms with Crippen LogP contribution in [0.1, 0.15) is 20.7 Å². The molecule has 0 bridgehead atoms. The molecule has 0 aliphatic carbocycles. The van der Waals surface area contributed by atoms with Crippen LogP contribution in [0.2, 0.25) is 5.02 Å². The van der Waals surface area contributed by atoms with E-state index in [4.69, 9.17) is 11.6 Å². The van der Waals surface area contributed by atoms with Crippen molar-refractivity contribution in [1.82, 2.24) is 0 Å². The minimum absolute atomic E-state index is 0.0424. The van der Waals surface area contributed by atoms with Crippen LogP contribution >= 0.6 is 11.6 Å². The number of amides is 1. The Morgan fingerprint density at radius 3 is 2.57 bits per heavy atom. The monoisotopic (exact) mass is 334 g/mol. The smallest absolute Gasteiger partial charge is 0.339 e. The first-order valence-corrected chi connectivity index (χ1v) is 6.74. The molecule has 0 unspecified atom stereocenters. The van der Waals surface area contributed by atoms with Crippen LogP contribution in [0.3, 0.4) is 0 Å². The maximum atomic E-state index is 12.2. The van der Waals surface area contributed by atoms with Gasteiger partial charge >= 0.3 is 5.97 Å². The molecule has 23 heavy (non-hydrogen) atoms. The minimum atomic E-state index is -0.679. The van der Waals surface area contributed by atoms with Gasteiger partial charge in [0.15, 0.2) is 0 Å². The highest BCUT2D eigenvalue weighted by Crippen LogP contribution is 2.26. The molecule has 0 aliphatic heterocycles. The number of para-hydroxylation sites is 1. The van der Waals surface area contributed by atoms with Crippen molar-refractivity contribution in [2.24, 2.45) is 0 Å². The maximum Gasteiger partial charge on any atom is 0.339 e. The normalized spacial score (nSPS) is 10.0. The number of nitrogens with one attached hydrogen (secondary N) is 1. The van der Waals surface area contributed by atoms with Crippen molar-refractivity contribution in [2.75, 3.05) is 12.4 Å². The Morgan fingerprint density at radius 2 is 1.91 bits per heavy atom. The lowest BCUT2D eigenvalue weighted by molar-refractivity contribution is -0.384. The van der Waals surface area contributed by atoms with E-state index in [1.165, 1.54) is 31.4 Å². The van der Waals surface area contributed by atoms with Gasteiger partial charge in [-0.2, -0.15) is 0 Å². The molecule has 1 N–H and O–H groups in total. The molecule has 0 aromatic heterocycles. The second kappa shape index (κ2) is 6.89. The average molecular weight is 335 g/mol. The average Bonchev–Trinajstić information content (AvgIpc) is 2.54. The van der Waals surface area contributed by atoms with Gasteiger partial charge in [-0.05, 0) is 24.3 Å². The van der Waals surface area contributed by atoms with Crippen molar-refractivity contribution in [3.63, 3.8) is 0 Å². The molecule has 0 atom stereocenters. The van der Waals surface area contributed by atoms with Gasteiger partial charge < -0.3 is 10.1 Å². The van der Waals surface area contributed by atoms with Crippen molar-refractivity contribution in [2.45, 2.75) is 0 Å². The lowest BCUT2D eigenvalue weighted by Crippen LogP contribution is -2.15. The van der Waals surface area contributed by atoms with E-state index in [9.17, 15) is 19.7 Å². The van der Waals surface area contributed by atoms with Gasteiger partial charge in [-0.15, -0.1) is 0 Å². The SMILES string of the molecule is COC(=O)c1ccccc1NC(=O)c1ccc(Cl)c([N+](=O)[O-])c1. The van der Waals surface area contributed by atoms with Gasteiger partial charge in [0.2, 0.25) is 0 Å². The summed E-state index contributed by atoms with van der Waals surface area (Å²) in [5.74, 6) is -1.22. The van der Waals surface area contributed by atoms with Crippen LogP contribution in [-0.2, 0) is 4.74 Å². The lowest BCUT2D eigenvalue weighted by Gasteiger charge is -2.09. The van der Waals surface area contributed by atoms with Gasteiger partial charge in [0.1, 0.15) is 5.02 Å². The summed E-state index contributed by atoms with van der Waals surface area (Å²) in [6.07, 6.45) is 0. The Morgan fingerprint density at radius 1 is 1.22 bits per heavy atom. The van der Waals surface area contributed by atoms with Crippen LogP contribution in [0.5, 0.6) is 0 Å². The first kappa shape index (κ1) is 16.4. The summed E-state index contributed by atoms with van der Waals surface area (Å²) < 4.78 is 4.63. The largest absolute Gasteiger partial charge is 0.465 e. The van der Waals surface area contributed by atoms with Gasteiger partial charge in [0, 0.05) is 11.6 Å². The van der Waals surface area contributed by atoms with Crippen LogP contribution in [0.25, 0.3) is 0 Å². The number of hydrogen-bond acceptors (Lipinski definition) is 5. The van der Waals surface area contributed by atoms with E-state index in [-0.39, 0.29) is 27.5 Å². The van der Waals surface area contributed by atoms with Gasteiger partial charge in [0.05, 0.1) is 23.3 Å². The zero-order valence-electron chi connectivity index (χ0n) is 11.9. The van der Waals surface area contributed by atoms with Crippen LogP contribution in [0.15, 0.2) is 42.5 Å². The number of carbonyl (C=O) groups excluding carboxylic acids is 2. The number of esters is 1. The number of hydrogen-bond donors (Lipinski definition) is 1. The molecule has 0 radical (unpaired) electrons. The number of nitrogens with zero attached hydrogens (tertiary/aromatic N) is 1. The van der Waals surface area contributed by atoms with Crippen LogP contribution in [-0.4, -0.2) is 23.9 Å². The Kier molecular flexibility index (Phi) is 4.92. The third-order valence-electron chi connectivity index (χ3n) is 2.99. The topological polar surface area (TPSA) is 98.5 Å². The van der Waals surface area contributed by atoms with E-state index in [0.29, 0.717) is 0 Å². The third-order valence-corrected chi connectivity index (χ3v) is 3.31. The maximum absolute atomic E-state index is 12.2. The lowest BCUT2D eigenvalue weighted by atomic mass is 10.1. The number of methoxy groups -OCH3 is 1. The molecule has 2 aromatic carbocycles. The van der Waals surface area contributed by atoms with Gasteiger partial charge in [-0.25, -0.2) is 4.79 Å². The summed E-state index contributed by atoms with van der Waals surface area (Å²) in [4.78, 5) is 34.1. The van der Waals surface area contributed by atoms with Gasteiger partial charge in [0.25, 0.3) is 11.6 Å². The molecule has 0 saturated heterocycles. The number of rotatable bonds is 4. The molecule has 0 aliphatic rings. The quantitative estimate of drug-likeness (QED) is 0.525. The van der Waals surface area contributed by atoms with Crippen molar-refractivity contribution in [3.8, 4) is 0 Å². The summed E-state index contributed by atoms with van der Waals surface area (Å²) in [5, 5.41) is 13.3. The van der Waals surface area contributed by atoms with E-state index < -0.39 is 16.8 Å². The van der Waals surface area contributed by atoms with Gasteiger partial charge in [-0.1, -0.05) is 23.7 Å². The molecular weight excluding hydrogens is 324 g/mol. The number of nitro benzene ring substituents is 1. The van der Waals surface area contributed by atoms with Crippen LogP contribution in [0, 0.1) is 10.1 Å². The standard InChI is InChI=1S/C15H11ClN2O5/c1-23-15(20)10-4-2-3-5-12(10)17-14(19)9-6-7-11(16)13(8-9)18(21)22/h2-8H,1H3,(H,17,19). The van der Waals surface area contributed by atoms with E-state index in [0.717, 1.165) is 6.07 Å². The molecule has 2 aromatic rings. The number of halogens is 1. The predicted octanol–water partition coefficient (Wildman–Crippen LogP) is 3.29. The molecule has 0 spiro atoms. The molecule has 1 amide bonds. The van der Waals surface area contributed by atoms with Crippen molar-refractivity contribution in [1.29, 1.82) is 0 Å². The van der Waals surface area contributed by atoms with E-state index in [1.807, 2.05) is 0 Å². The fraction of sp³-hybridized carbons (Fsp3) is 0.0667. The zero-order valence-corrected chi connectivity index (χ0v) is 12.7. The number of ether oxygens (including phenoxy) is 1. The first-order valence-electron chi connectivity index (χ1n) is 6.36. The van der Waals surface area contributed by atoms with Crippen molar-refractivity contribution < 1.29 is 19.2 Å².